The van der Waals surface area contributed by atoms with Gasteiger partial charge in [-0.05, 0) is 25.7 Å². The largest absolute Gasteiger partial charge is 0.481 e. The number of urea groups is 1. The summed E-state index contributed by atoms with van der Waals surface area (Å²) in [6, 6.07) is -1.72. The molecule has 3 unspecified atom stereocenters. The van der Waals surface area contributed by atoms with Crippen LogP contribution >= 0.6 is 0 Å². The second kappa shape index (κ2) is 6.81. The first-order chi connectivity index (χ1) is 9.19. The molecule has 1 aliphatic carbocycles. The summed E-state index contributed by atoms with van der Waals surface area (Å²) in [5.41, 5.74) is 0. The maximum atomic E-state index is 12.1. The number of carbonyl (C=O) groups excluding carboxylic acids is 1. The van der Waals surface area contributed by atoms with Gasteiger partial charge in [-0.2, -0.15) is 13.2 Å². The van der Waals surface area contributed by atoms with Gasteiger partial charge < -0.3 is 15.7 Å². The molecule has 116 valence electrons. The maximum Gasteiger partial charge on any atom is 0.391 e. The molecule has 0 spiro atoms. The van der Waals surface area contributed by atoms with Crippen LogP contribution in [0.25, 0.3) is 0 Å². The molecule has 2 amide bonds. The zero-order valence-corrected chi connectivity index (χ0v) is 11.2. The smallest absolute Gasteiger partial charge is 0.391 e. The Morgan fingerprint density at radius 2 is 2.00 bits per heavy atom. The van der Waals surface area contributed by atoms with Crippen molar-refractivity contribution in [2.75, 3.05) is 6.54 Å². The van der Waals surface area contributed by atoms with Crippen LogP contribution in [-0.2, 0) is 4.79 Å². The monoisotopic (exact) mass is 296 g/mol. The van der Waals surface area contributed by atoms with Crippen LogP contribution in [0.1, 0.15) is 32.6 Å². The molecule has 0 bridgehead atoms. The van der Waals surface area contributed by atoms with E-state index in [0.717, 1.165) is 6.42 Å². The number of amides is 2. The van der Waals surface area contributed by atoms with Crippen molar-refractivity contribution < 1.29 is 27.9 Å². The van der Waals surface area contributed by atoms with E-state index in [4.69, 9.17) is 5.11 Å². The summed E-state index contributed by atoms with van der Waals surface area (Å²) in [5.74, 6) is -1.53. The van der Waals surface area contributed by atoms with Gasteiger partial charge in [0.25, 0.3) is 0 Å². The standard InChI is InChI=1S/C12H19F3N2O3/c1-7(5-12(13,14)15)17-11(20)16-6-8-3-2-4-9(8)10(18)19/h7-9H,2-6H2,1H3,(H,18,19)(H2,16,17,20). The van der Waals surface area contributed by atoms with Crippen molar-refractivity contribution in [3.63, 3.8) is 0 Å². The molecule has 8 heteroatoms. The summed E-state index contributed by atoms with van der Waals surface area (Å²) in [6.07, 6.45) is -3.35. The molecule has 0 aliphatic heterocycles. The summed E-state index contributed by atoms with van der Waals surface area (Å²) in [4.78, 5) is 22.4. The van der Waals surface area contributed by atoms with Crippen LogP contribution in [0.2, 0.25) is 0 Å². The first kappa shape index (κ1) is 16.6. The number of hydrogen-bond acceptors (Lipinski definition) is 2. The van der Waals surface area contributed by atoms with E-state index in [0.29, 0.717) is 12.8 Å². The van der Waals surface area contributed by atoms with Crippen LogP contribution in [0.5, 0.6) is 0 Å². The van der Waals surface area contributed by atoms with Crippen LogP contribution in [0.3, 0.4) is 0 Å². The van der Waals surface area contributed by atoms with Gasteiger partial charge in [0.15, 0.2) is 0 Å². The number of hydrogen-bond donors (Lipinski definition) is 3. The number of rotatable bonds is 5. The van der Waals surface area contributed by atoms with E-state index in [1.807, 2.05) is 0 Å². The Balaban J connectivity index is 2.31. The second-order valence-electron chi connectivity index (χ2n) is 5.21. The Morgan fingerprint density at radius 3 is 2.55 bits per heavy atom. The van der Waals surface area contributed by atoms with Gasteiger partial charge in [0.05, 0.1) is 12.3 Å². The lowest BCUT2D eigenvalue weighted by Crippen LogP contribution is -2.44. The summed E-state index contributed by atoms with van der Waals surface area (Å²) < 4.78 is 36.3. The minimum atomic E-state index is -4.33. The normalized spacial score (nSPS) is 24.2. The Labute approximate surface area is 114 Å². The van der Waals surface area contributed by atoms with Gasteiger partial charge in [-0.3, -0.25) is 4.79 Å². The average Bonchev–Trinajstić information content (AvgIpc) is 2.71. The highest BCUT2D eigenvalue weighted by Gasteiger charge is 2.33. The molecule has 1 saturated carbocycles. The molecule has 1 fully saturated rings. The van der Waals surface area contributed by atoms with Crippen molar-refractivity contribution in [2.45, 2.75) is 44.8 Å². The number of carboxylic acids is 1. The Bertz CT molecular complexity index is 360. The Morgan fingerprint density at radius 1 is 1.35 bits per heavy atom. The van der Waals surface area contributed by atoms with Gasteiger partial charge in [0.1, 0.15) is 0 Å². The predicted octanol–water partition coefficient (Wildman–Crippen LogP) is 2.13. The summed E-state index contributed by atoms with van der Waals surface area (Å²) in [7, 11) is 0. The Hall–Kier alpha value is -1.47. The topological polar surface area (TPSA) is 78.4 Å². The predicted molar refractivity (Wildman–Crippen MR) is 65.1 cm³/mol. The van der Waals surface area contributed by atoms with Gasteiger partial charge >= 0.3 is 18.2 Å². The van der Waals surface area contributed by atoms with Crippen LogP contribution < -0.4 is 10.6 Å². The van der Waals surface area contributed by atoms with Crippen LogP contribution in [-0.4, -0.2) is 35.9 Å². The molecule has 5 nitrogen and oxygen atoms in total. The van der Waals surface area contributed by atoms with E-state index in [1.165, 1.54) is 6.92 Å². The van der Waals surface area contributed by atoms with E-state index in [9.17, 15) is 22.8 Å². The van der Waals surface area contributed by atoms with E-state index < -0.39 is 36.6 Å². The molecule has 3 atom stereocenters. The SMILES string of the molecule is CC(CC(F)(F)F)NC(=O)NCC1CCCC1C(=O)O. The lowest BCUT2D eigenvalue weighted by atomic mass is 9.96. The number of halogens is 3. The van der Waals surface area contributed by atoms with Crippen molar-refractivity contribution in [3.8, 4) is 0 Å². The van der Waals surface area contributed by atoms with Crippen molar-refractivity contribution in [1.82, 2.24) is 10.6 Å². The molecule has 3 N–H and O–H groups in total. The van der Waals surface area contributed by atoms with Gasteiger partial charge in [0.2, 0.25) is 0 Å². The van der Waals surface area contributed by atoms with Crippen molar-refractivity contribution in [1.29, 1.82) is 0 Å². The van der Waals surface area contributed by atoms with Crippen molar-refractivity contribution in [2.24, 2.45) is 11.8 Å². The van der Waals surface area contributed by atoms with Crippen LogP contribution in [0.4, 0.5) is 18.0 Å². The van der Waals surface area contributed by atoms with Crippen LogP contribution in [0, 0.1) is 11.8 Å². The van der Waals surface area contributed by atoms with Gasteiger partial charge in [-0.15, -0.1) is 0 Å². The molecule has 0 aromatic carbocycles. The third-order valence-electron chi connectivity index (χ3n) is 3.42. The highest BCUT2D eigenvalue weighted by atomic mass is 19.4. The lowest BCUT2D eigenvalue weighted by Gasteiger charge is -2.19. The fraction of sp³-hybridized carbons (Fsp3) is 0.833. The molecule has 1 rings (SSSR count). The Kier molecular flexibility index (Phi) is 5.64. The van der Waals surface area contributed by atoms with E-state index >= 15 is 0 Å². The fourth-order valence-corrected chi connectivity index (χ4v) is 2.50. The molecule has 0 aromatic rings. The number of carboxylic acid groups (broad SMARTS) is 1. The number of alkyl halides is 3. The molecule has 1 aliphatic rings. The molecular formula is C12H19F3N2O3. The molecule has 0 heterocycles. The minimum absolute atomic E-state index is 0.156. The third kappa shape index (κ3) is 5.66. The average molecular weight is 296 g/mol. The number of nitrogens with one attached hydrogen (secondary N) is 2. The first-order valence-corrected chi connectivity index (χ1v) is 6.53. The summed E-state index contributed by atoms with van der Waals surface area (Å²) in [5, 5.41) is 13.6. The fourth-order valence-electron chi connectivity index (χ4n) is 2.50. The summed E-state index contributed by atoms with van der Waals surface area (Å²) in [6.45, 7) is 1.43. The quantitative estimate of drug-likeness (QED) is 0.727. The molecule has 0 radical (unpaired) electrons. The molecule has 20 heavy (non-hydrogen) atoms. The third-order valence-corrected chi connectivity index (χ3v) is 3.42. The van der Waals surface area contributed by atoms with Gasteiger partial charge in [-0.1, -0.05) is 6.42 Å². The van der Waals surface area contributed by atoms with Crippen LogP contribution in [0.15, 0.2) is 0 Å². The first-order valence-electron chi connectivity index (χ1n) is 6.53. The van der Waals surface area contributed by atoms with E-state index in [2.05, 4.69) is 10.6 Å². The second-order valence-corrected chi connectivity index (χ2v) is 5.21. The highest BCUT2D eigenvalue weighted by Crippen LogP contribution is 2.31. The summed E-state index contributed by atoms with van der Waals surface area (Å²) >= 11 is 0. The van der Waals surface area contributed by atoms with Crippen molar-refractivity contribution in [3.05, 3.63) is 0 Å². The van der Waals surface area contributed by atoms with Crippen molar-refractivity contribution >= 4 is 12.0 Å². The highest BCUT2D eigenvalue weighted by molar-refractivity contribution is 5.74. The number of carbonyl (C=O) groups is 2. The van der Waals surface area contributed by atoms with Gasteiger partial charge in [0, 0.05) is 12.6 Å². The van der Waals surface area contributed by atoms with E-state index in [-0.39, 0.29) is 12.5 Å². The molecular weight excluding hydrogens is 277 g/mol. The molecule has 0 aromatic heterocycles. The maximum absolute atomic E-state index is 12.1. The minimum Gasteiger partial charge on any atom is -0.481 e. The lowest BCUT2D eigenvalue weighted by molar-refractivity contribution is -0.143. The van der Waals surface area contributed by atoms with E-state index in [1.54, 1.807) is 0 Å². The zero-order valence-electron chi connectivity index (χ0n) is 11.2. The zero-order chi connectivity index (χ0) is 15.3. The number of aliphatic carboxylic acids is 1. The van der Waals surface area contributed by atoms with Gasteiger partial charge in [-0.25, -0.2) is 4.79 Å². The molecule has 0 saturated heterocycles.